The van der Waals surface area contributed by atoms with E-state index in [9.17, 15) is 17.6 Å². The molecule has 4 nitrogen and oxygen atoms in total. The van der Waals surface area contributed by atoms with Gasteiger partial charge in [-0.15, -0.1) is 0 Å². The van der Waals surface area contributed by atoms with Gasteiger partial charge in [0.25, 0.3) is 0 Å². The highest BCUT2D eigenvalue weighted by Gasteiger charge is 2.44. The number of rotatable bonds is 5. The van der Waals surface area contributed by atoms with E-state index in [0.29, 0.717) is 12.8 Å². The number of nitrogens with two attached hydrogens (primary N) is 1. The molecule has 1 aliphatic rings. The fourth-order valence-corrected chi connectivity index (χ4v) is 1.87. The van der Waals surface area contributed by atoms with E-state index in [-0.39, 0.29) is 24.9 Å². The molecule has 0 unspecified atom stereocenters. The molecular weight excluding hydrogens is 280 g/mol. The lowest BCUT2D eigenvalue weighted by Gasteiger charge is -2.16. The Labute approximate surface area is 111 Å². The zero-order valence-corrected chi connectivity index (χ0v) is 10.3. The summed E-state index contributed by atoms with van der Waals surface area (Å²) in [5.74, 6) is -7.35. The number of benzene rings is 1. The van der Waals surface area contributed by atoms with E-state index in [1.165, 1.54) is 0 Å². The minimum atomic E-state index is -1.58. The number of oxime groups is 1. The second-order valence-corrected chi connectivity index (χ2v) is 4.85. The van der Waals surface area contributed by atoms with Crippen molar-refractivity contribution in [1.82, 2.24) is 0 Å². The molecule has 1 saturated carbocycles. The maximum absolute atomic E-state index is 13.4. The molecule has 0 bridgehead atoms. The number of ether oxygens (including phenoxy) is 1. The summed E-state index contributed by atoms with van der Waals surface area (Å²) in [6, 6.07) is 0.112. The Bertz CT molecular complexity index is 533. The van der Waals surface area contributed by atoms with Crippen molar-refractivity contribution in [2.24, 2.45) is 16.3 Å². The van der Waals surface area contributed by atoms with E-state index < -0.39 is 34.4 Å². The summed E-state index contributed by atoms with van der Waals surface area (Å²) in [6.45, 7) is -0.181. The second-order valence-electron chi connectivity index (χ2n) is 4.85. The Hall–Kier alpha value is -1.99. The molecule has 0 amide bonds. The lowest BCUT2D eigenvalue weighted by atomic mass is 10.0. The van der Waals surface area contributed by atoms with E-state index in [1.54, 1.807) is 0 Å². The molecule has 0 aliphatic heterocycles. The third kappa shape index (κ3) is 2.78. The van der Waals surface area contributed by atoms with Crippen molar-refractivity contribution in [2.75, 3.05) is 6.61 Å². The standard InChI is InChI=1S/C12H12F4N2O2/c13-6-3-7(14)10(16)11(9(6)15)20-5-12(1-2-12)4-8(17)18-19/h3,19H,1-2,4-5H2,(H2,17,18). The second kappa shape index (κ2) is 5.18. The zero-order valence-electron chi connectivity index (χ0n) is 10.3. The fraction of sp³-hybridized carbons (Fsp3) is 0.417. The molecule has 1 aromatic carbocycles. The lowest BCUT2D eigenvalue weighted by Crippen LogP contribution is -2.23. The predicted octanol–water partition coefficient (Wildman–Crippen LogP) is 2.54. The van der Waals surface area contributed by atoms with Gasteiger partial charge in [-0.1, -0.05) is 5.16 Å². The SMILES string of the molecule is N/C(CC1(COc2c(F)c(F)cc(F)c2F)CC1)=N/O. The molecule has 3 N–H and O–H groups in total. The summed E-state index contributed by atoms with van der Waals surface area (Å²) in [7, 11) is 0. The van der Waals surface area contributed by atoms with Crippen LogP contribution in [0.1, 0.15) is 19.3 Å². The summed E-state index contributed by atoms with van der Waals surface area (Å²) >= 11 is 0. The Kier molecular flexibility index (Phi) is 3.74. The average molecular weight is 292 g/mol. The molecule has 8 heteroatoms. The smallest absolute Gasteiger partial charge is 0.203 e. The van der Waals surface area contributed by atoms with Crippen LogP contribution in [0.4, 0.5) is 17.6 Å². The lowest BCUT2D eigenvalue weighted by molar-refractivity contribution is 0.211. The highest BCUT2D eigenvalue weighted by atomic mass is 19.2. The van der Waals surface area contributed by atoms with E-state index in [0.717, 1.165) is 0 Å². The molecule has 0 atom stereocenters. The van der Waals surface area contributed by atoms with Crippen LogP contribution >= 0.6 is 0 Å². The monoisotopic (exact) mass is 292 g/mol. The van der Waals surface area contributed by atoms with Crippen molar-refractivity contribution in [3.05, 3.63) is 29.3 Å². The van der Waals surface area contributed by atoms with Gasteiger partial charge in [-0.05, 0) is 12.8 Å². The minimum absolute atomic E-state index is 0.0440. The molecule has 1 aliphatic carbocycles. The van der Waals surface area contributed by atoms with Gasteiger partial charge >= 0.3 is 0 Å². The van der Waals surface area contributed by atoms with Gasteiger partial charge in [0.15, 0.2) is 17.4 Å². The number of nitrogens with zero attached hydrogens (tertiary/aromatic N) is 1. The van der Waals surface area contributed by atoms with Crippen LogP contribution in [0, 0.1) is 28.7 Å². The Morgan fingerprint density at radius 2 is 1.80 bits per heavy atom. The van der Waals surface area contributed by atoms with E-state index in [2.05, 4.69) is 5.16 Å². The molecule has 110 valence electrons. The topological polar surface area (TPSA) is 67.8 Å². The van der Waals surface area contributed by atoms with Gasteiger partial charge in [0.1, 0.15) is 5.84 Å². The fourth-order valence-electron chi connectivity index (χ4n) is 1.87. The van der Waals surface area contributed by atoms with Crippen LogP contribution in [0.15, 0.2) is 11.2 Å². The summed E-state index contributed by atoms with van der Waals surface area (Å²) in [5, 5.41) is 11.3. The van der Waals surface area contributed by atoms with Gasteiger partial charge in [-0.25, -0.2) is 8.78 Å². The van der Waals surface area contributed by atoms with Crippen molar-refractivity contribution in [3.63, 3.8) is 0 Å². The van der Waals surface area contributed by atoms with Crippen LogP contribution in [0.3, 0.4) is 0 Å². The predicted molar refractivity (Wildman–Crippen MR) is 61.5 cm³/mol. The Morgan fingerprint density at radius 3 is 2.25 bits per heavy atom. The highest BCUT2D eigenvalue weighted by molar-refractivity contribution is 5.80. The maximum Gasteiger partial charge on any atom is 0.203 e. The number of halogens is 4. The van der Waals surface area contributed by atoms with Crippen LogP contribution < -0.4 is 10.5 Å². The third-order valence-electron chi connectivity index (χ3n) is 3.24. The van der Waals surface area contributed by atoms with Crippen LogP contribution in [-0.2, 0) is 0 Å². The van der Waals surface area contributed by atoms with Crippen molar-refractivity contribution in [2.45, 2.75) is 19.3 Å². The first-order valence-corrected chi connectivity index (χ1v) is 5.81. The summed E-state index contributed by atoms with van der Waals surface area (Å²) < 4.78 is 57.6. The number of amidine groups is 1. The summed E-state index contributed by atoms with van der Waals surface area (Å²) in [4.78, 5) is 0. The van der Waals surface area contributed by atoms with E-state index in [4.69, 9.17) is 15.7 Å². The molecule has 0 aromatic heterocycles. The first kappa shape index (κ1) is 14.4. The Balaban J connectivity index is 2.12. The molecule has 1 aromatic rings. The van der Waals surface area contributed by atoms with Gasteiger partial charge in [-0.2, -0.15) is 8.78 Å². The van der Waals surface area contributed by atoms with Gasteiger partial charge in [0.05, 0.1) is 6.61 Å². The summed E-state index contributed by atoms with van der Waals surface area (Å²) in [6.07, 6.45) is 1.46. The zero-order chi connectivity index (χ0) is 14.9. The van der Waals surface area contributed by atoms with Gasteiger partial charge < -0.3 is 15.7 Å². The van der Waals surface area contributed by atoms with Crippen molar-refractivity contribution < 1.29 is 27.5 Å². The van der Waals surface area contributed by atoms with E-state index in [1.807, 2.05) is 0 Å². The van der Waals surface area contributed by atoms with Crippen molar-refractivity contribution in [3.8, 4) is 5.75 Å². The first-order chi connectivity index (χ1) is 9.38. The molecule has 0 radical (unpaired) electrons. The first-order valence-electron chi connectivity index (χ1n) is 5.81. The van der Waals surface area contributed by atoms with Crippen LogP contribution in [-0.4, -0.2) is 17.6 Å². The van der Waals surface area contributed by atoms with Crippen LogP contribution in [0.2, 0.25) is 0 Å². The molecular formula is C12H12F4N2O2. The normalized spacial score (nSPS) is 17.1. The van der Waals surface area contributed by atoms with Crippen molar-refractivity contribution in [1.29, 1.82) is 0 Å². The molecule has 0 spiro atoms. The quantitative estimate of drug-likeness (QED) is 0.219. The van der Waals surface area contributed by atoms with Crippen LogP contribution in [0.25, 0.3) is 0 Å². The average Bonchev–Trinajstić information content (AvgIpc) is 3.16. The third-order valence-corrected chi connectivity index (χ3v) is 3.24. The number of hydrogen-bond donors (Lipinski definition) is 2. The van der Waals surface area contributed by atoms with Crippen molar-refractivity contribution >= 4 is 5.84 Å². The number of hydrogen-bond acceptors (Lipinski definition) is 3. The largest absolute Gasteiger partial charge is 0.487 e. The van der Waals surface area contributed by atoms with Gasteiger partial charge in [0.2, 0.25) is 11.6 Å². The summed E-state index contributed by atoms with van der Waals surface area (Å²) in [5.41, 5.74) is 4.84. The van der Waals surface area contributed by atoms with Crippen LogP contribution in [0.5, 0.6) is 5.75 Å². The maximum atomic E-state index is 13.4. The van der Waals surface area contributed by atoms with Gasteiger partial charge in [-0.3, -0.25) is 0 Å². The minimum Gasteiger partial charge on any atom is -0.487 e. The molecule has 0 saturated heterocycles. The molecule has 20 heavy (non-hydrogen) atoms. The van der Waals surface area contributed by atoms with Gasteiger partial charge in [0, 0.05) is 17.9 Å². The molecule has 1 fully saturated rings. The highest BCUT2D eigenvalue weighted by Crippen LogP contribution is 2.49. The Morgan fingerprint density at radius 1 is 1.25 bits per heavy atom. The van der Waals surface area contributed by atoms with E-state index >= 15 is 0 Å². The molecule has 0 heterocycles. The molecule has 2 rings (SSSR count).